The molecule has 1 aliphatic rings. The minimum Gasteiger partial charge on any atom is -0.442 e. The molecule has 2 aromatic rings. The number of phosphoric acid groups is 1. The van der Waals surface area contributed by atoms with Gasteiger partial charge in [0.05, 0.1) is 25.4 Å². The second kappa shape index (κ2) is 20.9. The number of alkyl halides is 1. The largest absolute Gasteiger partial charge is 0.510 e. The van der Waals surface area contributed by atoms with Gasteiger partial charge in [0, 0.05) is 17.8 Å². The number of hydrogen-bond acceptors (Lipinski definition) is 19. The molecule has 1 saturated heterocycles. The first-order valence-electron chi connectivity index (χ1n) is 17.8. The number of carbonyl (C=O) groups excluding carboxylic acids is 4. The van der Waals surface area contributed by atoms with Crippen LogP contribution < -0.4 is 16.6 Å². The van der Waals surface area contributed by atoms with E-state index in [1.165, 1.54) is 27.7 Å². The van der Waals surface area contributed by atoms with Gasteiger partial charge in [-0.2, -0.15) is 0 Å². The van der Waals surface area contributed by atoms with Crippen molar-refractivity contribution in [1.82, 2.24) is 14.5 Å². The van der Waals surface area contributed by atoms with Gasteiger partial charge in [0.1, 0.15) is 24.4 Å². The number of aliphatic hydroxyl groups excluding tert-OH is 1. The SMILES string of the molecule is CC(C)OC(=O)OCOP(=O)(OCOC(=O)OC(C)C)OC[C@@]1(CF)O[C@@H](n2ccc(=O)n(COC(=O)C(NCC(=O)c3ccccc3)C(C)C)c2=O)[C@](C)(O)[C@@H]1O. The Labute approximate surface area is 331 Å². The number of esters is 1. The molecule has 21 nitrogen and oxygen atoms in total. The molecule has 1 aliphatic heterocycles. The fourth-order valence-electron chi connectivity index (χ4n) is 5.27. The van der Waals surface area contributed by atoms with Crippen LogP contribution in [0, 0.1) is 5.92 Å². The molecular formula is C35H49FN3O18P. The number of halogens is 1. The van der Waals surface area contributed by atoms with Crippen molar-refractivity contribution < 1.29 is 80.3 Å². The Morgan fingerprint density at radius 3 is 2.00 bits per heavy atom. The molecule has 5 atom stereocenters. The van der Waals surface area contributed by atoms with Gasteiger partial charge in [-0.3, -0.25) is 28.8 Å². The number of ketones is 1. The molecule has 0 spiro atoms. The molecule has 0 bridgehead atoms. The summed E-state index contributed by atoms with van der Waals surface area (Å²) in [5, 5.41) is 25.4. The summed E-state index contributed by atoms with van der Waals surface area (Å²) in [7, 11) is -5.04. The summed E-state index contributed by atoms with van der Waals surface area (Å²) in [6, 6.07) is 8.11. The number of phosphoric ester groups is 1. The Bertz CT molecular complexity index is 1850. The van der Waals surface area contributed by atoms with Crippen LogP contribution >= 0.6 is 7.82 Å². The summed E-state index contributed by atoms with van der Waals surface area (Å²) in [6.07, 6.45) is -7.09. The van der Waals surface area contributed by atoms with E-state index >= 15 is 0 Å². The number of ether oxygens (including phenoxy) is 6. The minimum atomic E-state index is -5.04. The summed E-state index contributed by atoms with van der Waals surface area (Å²) >= 11 is 0. The Hall–Kier alpha value is -4.54. The third-order valence-corrected chi connectivity index (χ3v) is 9.50. The third kappa shape index (κ3) is 12.7. The fraction of sp³-hybridized carbons (Fsp3) is 0.600. The molecule has 1 fully saturated rings. The molecule has 3 N–H and O–H groups in total. The lowest BCUT2D eigenvalue weighted by molar-refractivity contribution is -0.152. The summed E-state index contributed by atoms with van der Waals surface area (Å²) in [5.41, 5.74) is -6.98. The quantitative estimate of drug-likeness (QED) is 0.0536. The van der Waals surface area contributed by atoms with E-state index in [4.69, 9.17) is 32.5 Å². The number of aliphatic hydroxyl groups is 2. The molecule has 23 heteroatoms. The molecule has 3 rings (SSSR count). The van der Waals surface area contributed by atoms with E-state index < -0.39 is 119 Å². The fourth-order valence-corrected chi connectivity index (χ4v) is 6.23. The third-order valence-electron chi connectivity index (χ3n) is 8.21. The molecule has 0 radical (unpaired) electrons. The van der Waals surface area contributed by atoms with Crippen molar-refractivity contribution in [2.75, 3.05) is 33.4 Å². The van der Waals surface area contributed by atoms with E-state index in [1.54, 1.807) is 44.2 Å². The van der Waals surface area contributed by atoms with Gasteiger partial charge in [0.15, 0.2) is 24.3 Å². The zero-order valence-corrected chi connectivity index (χ0v) is 33.8. The van der Waals surface area contributed by atoms with Crippen LogP contribution in [0.2, 0.25) is 0 Å². The van der Waals surface area contributed by atoms with Gasteiger partial charge in [-0.1, -0.05) is 44.2 Å². The number of nitrogens with one attached hydrogen (secondary N) is 1. The maximum atomic E-state index is 14.9. The Morgan fingerprint density at radius 2 is 1.48 bits per heavy atom. The van der Waals surface area contributed by atoms with E-state index in [0.29, 0.717) is 14.7 Å². The van der Waals surface area contributed by atoms with E-state index in [2.05, 4.69) is 14.8 Å². The van der Waals surface area contributed by atoms with Crippen molar-refractivity contribution >= 4 is 31.9 Å². The first-order chi connectivity index (χ1) is 27.2. The van der Waals surface area contributed by atoms with E-state index in [0.717, 1.165) is 19.2 Å². The zero-order chi connectivity index (χ0) is 43.4. The predicted molar refractivity (Wildman–Crippen MR) is 195 cm³/mol. The molecule has 324 valence electrons. The Balaban J connectivity index is 1.80. The van der Waals surface area contributed by atoms with Crippen molar-refractivity contribution in [3.63, 3.8) is 0 Å². The first-order valence-corrected chi connectivity index (χ1v) is 19.3. The molecule has 1 aromatic heterocycles. The first kappa shape index (κ1) is 47.8. The summed E-state index contributed by atoms with van der Waals surface area (Å²) in [6.45, 7) is 4.00. The minimum absolute atomic E-state index is 0.231. The van der Waals surface area contributed by atoms with E-state index in [1.807, 2.05) is 0 Å². The summed E-state index contributed by atoms with van der Waals surface area (Å²) < 4.78 is 74.4. The van der Waals surface area contributed by atoms with Crippen molar-refractivity contribution in [3.05, 3.63) is 69.0 Å². The number of benzene rings is 1. The van der Waals surface area contributed by atoms with Gasteiger partial charge in [-0.15, -0.1) is 0 Å². The molecule has 1 unspecified atom stereocenters. The van der Waals surface area contributed by atoms with Crippen LogP contribution in [0.3, 0.4) is 0 Å². The normalized spacial score (nSPS) is 21.2. The zero-order valence-electron chi connectivity index (χ0n) is 32.9. The highest BCUT2D eigenvalue weighted by Gasteiger charge is 2.63. The lowest BCUT2D eigenvalue weighted by Crippen LogP contribution is -2.53. The number of aromatic nitrogens is 2. The van der Waals surface area contributed by atoms with Crippen LogP contribution in [-0.2, 0) is 58.1 Å². The van der Waals surface area contributed by atoms with Crippen molar-refractivity contribution in [3.8, 4) is 0 Å². The molecular weight excluding hydrogens is 800 g/mol. The van der Waals surface area contributed by atoms with Gasteiger partial charge < -0.3 is 38.6 Å². The molecule has 0 amide bonds. The van der Waals surface area contributed by atoms with Crippen LogP contribution in [0.4, 0.5) is 14.0 Å². The molecule has 0 aliphatic carbocycles. The molecule has 0 saturated carbocycles. The number of nitrogens with zero attached hydrogens (tertiary/aromatic N) is 2. The van der Waals surface area contributed by atoms with Crippen molar-refractivity contribution in [1.29, 1.82) is 0 Å². The van der Waals surface area contributed by atoms with Crippen LogP contribution in [0.15, 0.2) is 52.2 Å². The Morgan fingerprint density at radius 1 is 0.914 bits per heavy atom. The summed E-state index contributed by atoms with van der Waals surface area (Å²) in [5.74, 6) is -1.63. The second-order valence-electron chi connectivity index (χ2n) is 13.9. The number of hydrogen-bond donors (Lipinski definition) is 3. The average Bonchev–Trinajstić information content (AvgIpc) is 3.34. The van der Waals surface area contributed by atoms with E-state index in [9.17, 15) is 47.9 Å². The molecule has 58 heavy (non-hydrogen) atoms. The maximum absolute atomic E-state index is 14.9. The molecule has 2 heterocycles. The van der Waals surface area contributed by atoms with Crippen molar-refractivity contribution in [2.24, 2.45) is 5.92 Å². The highest BCUT2D eigenvalue weighted by Crippen LogP contribution is 2.52. The van der Waals surface area contributed by atoms with Gasteiger partial charge in [-0.25, -0.2) is 37.0 Å². The van der Waals surface area contributed by atoms with Crippen LogP contribution in [0.1, 0.15) is 65.1 Å². The number of rotatable bonds is 21. The predicted octanol–water partition coefficient (Wildman–Crippen LogP) is 2.55. The van der Waals surface area contributed by atoms with Crippen molar-refractivity contribution in [2.45, 2.75) is 97.0 Å². The monoisotopic (exact) mass is 849 g/mol. The summed E-state index contributed by atoms with van der Waals surface area (Å²) in [4.78, 5) is 75.7. The Kier molecular flexibility index (Phi) is 17.3. The maximum Gasteiger partial charge on any atom is 0.510 e. The standard InChI is InChI=1S/C35H49FN3O18P/c1-21(2)27(37-15-25(40)24-11-9-8-10-12-24)28(42)49-18-39-26(41)13-14-38(31(39)44)30-34(7,47)29(43)35(16-36,57-30)17-52-58(48,53-19-50-32(45)55-22(3)4)54-20-51-33(46)56-23(5)6/h8-14,21-23,27,29-30,37,43,47H,15-20H2,1-7H3/t27?,29-,30+,34+,35+/m0/s1. The van der Waals surface area contributed by atoms with Crippen LogP contribution in [0.25, 0.3) is 0 Å². The number of Topliss-reactive ketones (excluding diaryl/α,β-unsaturated/α-hetero) is 1. The van der Waals surface area contributed by atoms with Gasteiger partial charge in [-0.05, 0) is 40.5 Å². The second-order valence-corrected chi connectivity index (χ2v) is 15.6. The van der Waals surface area contributed by atoms with Gasteiger partial charge >= 0.3 is 31.8 Å². The van der Waals surface area contributed by atoms with Crippen LogP contribution in [-0.4, -0.2) is 112 Å². The lowest BCUT2D eigenvalue weighted by Gasteiger charge is -2.31. The lowest BCUT2D eigenvalue weighted by atomic mass is 9.88. The highest BCUT2D eigenvalue weighted by atomic mass is 31.2. The molecule has 1 aromatic carbocycles. The smallest absolute Gasteiger partial charge is 0.442 e. The number of carbonyl (C=O) groups is 4. The van der Waals surface area contributed by atoms with Gasteiger partial charge in [0.25, 0.3) is 5.56 Å². The van der Waals surface area contributed by atoms with E-state index in [-0.39, 0.29) is 12.3 Å². The topological polar surface area (TPSA) is 265 Å². The van der Waals surface area contributed by atoms with Gasteiger partial charge in [0.2, 0.25) is 13.6 Å². The average molecular weight is 850 g/mol. The highest BCUT2D eigenvalue weighted by molar-refractivity contribution is 7.48. The van der Waals surface area contributed by atoms with Crippen LogP contribution in [0.5, 0.6) is 0 Å².